The summed E-state index contributed by atoms with van der Waals surface area (Å²) >= 11 is 6.67. The number of benzene rings is 1. The van der Waals surface area contributed by atoms with Crippen LogP contribution in [-0.4, -0.2) is 66.1 Å². The summed E-state index contributed by atoms with van der Waals surface area (Å²) < 4.78 is 3.73. The van der Waals surface area contributed by atoms with Crippen LogP contribution in [0.2, 0.25) is 5.02 Å². The number of imidazole rings is 1. The summed E-state index contributed by atoms with van der Waals surface area (Å²) in [4.78, 5) is 47.0. The third kappa shape index (κ3) is 4.65. The van der Waals surface area contributed by atoms with Gasteiger partial charge in [0.05, 0.1) is 10.9 Å². The lowest BCUT2D eigenvalue weighted by atomic mass is 10.0. The maximum atomic E-state index is 13.6. The maximum absolute atomic E-state index is 13.6. The first kappa shape index (κ1) is 25.8. The van der Waals surface area contributed by atoms with Gasteiger partial charge in [0.25, 0.3) is 0 Å². The Morgan fingerprint density at radius 3 is 2.56 bits per heavy atom. The monoisotopic (exact) mass is 570 g/mol. The highest BCUT2D eigenvalue weighted by Gasteiger charge is 2.28. The fraction of sp³-hybridized carbons (Fsp3) is 0.367. The number of halogens is 1. The number of H-pyrrole nitrogens is 1. The minimum Gasteiger partial charge on any atom is -0.356 e. The molecular weight excluding hydrogens is 540 g/mol. The number of hydrogen-bond donors (Lipinski definition) is 1. The van der Waals surface area contributed by atoms with Crippen LogP contribution in [0.3, 0.4) is 0 Å². The van der Waals surface area contributed by atoms with Crippen molar-refractivity contribution in [2.24, 2.45) is 0 Å². The minimum absolute atomic E-state index is 0.0172. The first-order chi connectivity index (χ1) is 20.1. The molecule has 1 amide bonds. The third-order valence-corrected chi connectivity index (χ3v) is 8.76. The average molecular weight is 571 g/mol. The summed E-state index contributed by atoms with van der Waals surface area (Å²) in [5.41, 5.74) is 3.81. The van der Waals surface area contributed by atoms with E-state index in [4.69, 9.17) is 16.6 Å². The number of likely N-dealkylation sites (tertiary alicyclic amines) is 1. The summed E-state index contributed by atoms with van der Waals surface area (Å²) in [5, 5.41) is 1.58. The lowest BCUT2D eigenvalue weighted by Gasteiger charge is -2.32. The van der Waals surface area contributed by atoms with Crippen molar-refractivity contribution in [2.75, 3.05) is 31.1 Å². The van der Waals surface area contributed by atoms with E-state index < -0.39 is 0 Å². The summed E-state index contributed by atoms with van der Waals surface area (Å²) in [5.74, 6) is 0.924. The zero-order valence-electron chi connectivity index (χ0n) is 22.7. The van der Waals surface area contributed by atoms with Crippen LogP contribution in [0, 0.1) is 0 Å². The Balaban J connectivity index is 1.17. The molecule has 7 rings (SSSR count). The fourth-order valence-electron chi connectivity index (χ4n) is 6.40. The van der Waals surface area contributed by atoms with Crippen LogP contribution in [-0.2, 0) is 11.3 Å². The van der Waals surface area contributed by atoms with Crippen molar-refractivity contribution in [3.63, 3.8) is 0 Å². The number of aromatic nitrogens is 6. The van der Waals surface area contributed by atoms with E-state index in [1.165, 1.54) is 6.42 Å². The normalized spacial score (nSPS) is 16.6. The van der Waals surface area contributed by atoms with Crippen molar-refractivity contribution in [1.82, 2.24) is 34.0 Å². The van der Waals surface area contributed by atoms with Crippen molar-refractivity contribution in [1.29, 1.82) is 0 Å². The highest BCUT2D eigenvalue weighted by atomic mass is 35.5. The second kappa shape index (κ2) is 10.7. The molecule has 0 radical (unpaired) electrons. The van der Waals surface area contributed by atoms with Gasteiger partial charge in [-0.1, -0.05) is 29.8 Å². The van der Waals surface area contributed by atoms with E-state index in [2.05, 4.69) is 19.9 Å². The number of carbonyl (C=O) groups excluding carboxylic acids is 1. The van der Waals surface area contributed by atoms with Crippen LogP contribution in [0.4, 0.5) is 5.82 Å². The molecule has 6 heterocycles. The molecule has 0 spiro atoms. The van der Waals surface area contributed by atoms with E-state index in [1.54, 1.807) is 17.1 Å². The Kier molecular flexibility index (Phi) is 6.70. The van der Waals surface area contributed by atoms with Gasteiger partial charge in [0.2, 0.25) is 5.91 Å². The second-order valence-corrected chi connectivity index (χ2v) is 11.3. The number of carbonyl (C=O) groups is 1. The number of anilines is 1. The lowest BCUT2D eigenvalue weighted by Crippen LogP contribution is -2.41. The molecule has 0 bridgehead atoms. The van der Waals surface area contributed by atoms with Gasteiger partial charge in [-0.05, 0) is 50.3 Å². The molecule has 4 aromatic heterocycles. The number of amides is 1. The van der Waals surface area contributed by atoms with E-state index >= 15 is 0 Å². The van der Waals surface area contributed by atoms with Gasteiger partial charge in [0, 0.05) is 60.8 Å². The van der Waals surface area contributed by atoms with Crippen molar-refractivity contribution < 1.29 is 4.79 Å². The molecule has 210 valence electrons. The quantitative estimate of drug-likeness (QED) is 0.330. The molecule has 2 aliphatic rings. The number of piperidine rings is 2. The SMILES string of the molecule is O=C(Cn1cc(-c2ccccc2Cl)c2c(N3CCCCC3)ncnc21)N1CCC(n2c(=O)[nH]c3ncccc32)CC1. The van der Waals surface area contributed by atoms with E-state index in [0.29, 0.717) is 36.6 Å². The Morgan fingerprint density at radius 2 is 1.76 bits per heavy atom. The van der Waals surface area contributed by atoms with Gasteiger partial charge >= 0.3 is 5.69 Å². The number of aromatic amines is 1. The van der Waals surface area contributed by atoms with E-state index in [1.807, 2.05) is 52.1 Å². The molecule has 2 aliphatic heterocycles. The minimum atomic E-state index is -0.154. The van der Waals surface area contributed by atoms with Crippen molar-refractivity contribution in [3.8, 4) is 11.1 Å². The van der Waals surface area contributed by atoms with Crippen LogP contribution in [0.25, 0.3) is 33.3 Å². The Labute approximate surface area is 241 Å². The number of rotatable bonds is 5. The van der Waals surface area contributed by atoms with Crippen LogP contribution in [0.5, 0.6) is 0 Å². The largest absolute Gasteiger partial charge is 0.356 e. The summed E-state index contributed by atoms with van der Waals surface area (Å²) in [6.07, 6.45) is 10.2. The summed E-state index contributed by atoms with van der Waals surface area (Å²) in [7, 11) is 0. The highest BCUT2D eigenvalue weighted by molar-refractivity contribution is 6.33. The van der Waals surface area contributed by atoms with Gasteiger partial charge in [-0.15, -0.1) is 0 Å². The first-order valence-electron chi connectivity index (χ1n) is 14.2. The topological polar surface area (TPSA) is 105 Å². The Hall–Kier alpha value is -4.18. The number of nitrogens with one attached hydrogen (secondary N) is 1. The van der Waals surface area contributed by atoms with Crippen LogP contribution in [0.1, 0.15) is 38.1 Å². The highest BCUT2D eigenvalue weighted by Crippen LogP contribution is 2.39. The molecule has 2 saturated heterocycles. The molecule has 2 fully saturated rings. The average Bonchev–Trinajstić information content (AvgIpc) is 3.54. The van der Waals surface area contributed by atoms with Crippen LogP contribution >= 0.6 is 11.6 Å². The van der Waals surface area contributed by atoms with Crippen molar-refractivity contribution >= 4 is 45.5 Å². The molecule has 41 heavy (non-hydrogen) atoms. The zero-order chi connectivity index (χ0) is 27.9. The van der Waals surface area contributed by atoms with E-state index in [0.717, 1.165) is 59.4 Å². The standard InChI is InChI=1S/C30H31ClN8O2/c31-23-8-3-2-7-21(23)22-17-38(29-26(22)28(33-19-34-29)37-13-4-1-5-14-37)18-25(40)36-15-10-20(11-16-36)39-24-9-6-12-32-27(24)35-30(39)41/h2-3,6-9,12,17,19-20H,1,4-5,10-11,13-16,18H2,(H,32,35,41). The van der Waals surface area contributed by atoms with Crippen LogP contribution < -0.4 is 10.6 Å². The number of nitrogens with zero attached hydrogens (tertiary/aromatic N) is 7. The van der Waals surface area contributed by atoms with Gasteiger partial charge in [0.15, 0.2) is 5.65 Å². The molecular formula is C30H31ClN8O2. The lowest BCUT2D eigenvalue weighted by molar-refractivity contribution is -0.133. The predicted molar refractivity (Wildman–Crippen MR) is 159 cm³/mol. The van der Waals surface area contributed by atoms with Crippen LogP contribution in [0.15, 0.2) is 59.9 Å². The van der Waals surface area contributed by atoms with Gasteiger partial charge in [-0.2, -0.15) is 0 Å². The molecule has 5 aromatic rings. The molecule has 0 atom stereocenters. The second-order valence-electron chi connectivity index (χ2n) is 10.9. The molecule has 0 saturated carbocycles. The molecule has 1 N–H and O–H groups in total. The van der Waals surface area contributed by atoms with Gasteiger partial charge < -0.3 is 14.4 Å². The number of hydrogen-bond acceptors (Lipinski definition) is 6. The maximum Gasteiger partial charge on any atom is 0.327 e. The zero-order valence-corrected chi connectivity index (χ0v) is 23.4. The van der Waals surface area contributed by atoms with Gasteiger partial charge in [0.1, 0.15) is 24.3 Å². The van der Waals surface area contributed by atoms with Gasteiger partial charge in [-0.25, -0.2) is 19.7 Å². The molecule has 10 nitrogen and oxygen atoms in total. The Bertz CT molecular complexity index is 1790. The van der Waals surface area contributed by atoms with Crippen molar-refractivity contribution in [3.05, 3.63) is 70.6 Å². The third-order valence-electron chi connectivity index (χ3n) is 8.43. The van der Waals surface area contributed by atoms with E-state index in [-0.39, 0.29) is 24.2 Å². The van der Waals surface area contributed by atoms with Gasteiger partial charge in [-0.3, -0.25) is 14.3 Å². The molecule has 11 heteroatoms. The first-order valence-corrected chi connectivity index (χ1v) is 14.6. The van der Waals surface area contributed by atoms with Crippen molar-refractivity contribution in [2.45, 2.75) is 44.7 Å². The number of fused-ring (bicyclic) bond motifs is 2. The number of pyridine rings is 1. The van der Waals surface area contributed by atoms with E-state index in [9.17, 15) is 9.59 Å². The molecule has 1 aromatic carbocycles. The molecule has 0 unspecified atom stereocenters. The predicted octanol–water partition coefficient (Wildman–Crippen LogP) is 4.64. The fourth-order valence-corrected chi connectivity index (χ4v) is 6.64. The Morgan fingerprint density at radius 1 is 0.951 bits per heavy atom. The smallest absolute Gasteiger partial charge is 0.327 e. The molecule has 0 aliphatic carbocycles. The summed E-state index contributed by atoms with van der Waals surface area (Å²) in [6, 6.07) is 11.5. The summed E-state index contributed by atoms with van der Waals surface area (Å²) in [6.45, 7) is 3.21.